The summed E-state index contributed by atoms with van der Waals surface area (Å²) < 4.78 is 11.4. The third kappa shape index (κ3) is 2.16. The molecule has 4 rings (SSSR count). The zero-order valence-electron chi connectivity index (χ0n) is 13.1. The molecule has 6 unspecified atom stereocenters. The van der Waals surface area contributed by atoms with Crippen molar-refractivity contribution >= 4 is 5.97 Å². The van der Waals surface area contributed by atoms with E-state index in [2.05, 4.69) is 26.0 Å². The van der Waals surface area contributed by atoms with E-state index < -0.39 is 0 Å². The Bertz CT molecular complexity index is 467. The van der Waals surface area contributed by atoms with Crippen molar-refractivity contribution < 1.29 is 14.3 Å². The van der Waals surface area contributed by atoms with Crippen molar-refractivity contribution in [2.75, 3.05) is 6.79 Å². The number of allylic oxidation sites excluding steroid dienone is 2. The molecule has 4 aliphatic carbocycles. The fourth-order valence-electron chi connectivity index (χ4n) is 5.48. The fourth-order valence-corrected chi connectivity index (χ4v) is 5.48. The van der Waals surface area contributed by atoms with Crippen LogP contribution in [0, 0.1) is 35.0 Å². The molecule has 3 nitrogen and oxygen atoms in total. The maximum atomic E-state index is 12.2. The number of hydrogen-bond acceptors (Lipinski definition) is 3. The number of hydrogen-bond donors (Lipinski definition) is 0. The topological polar surface area (TPSA) is 35.5 Å². The van der Waals surface area contributed by atoms with E-state index in [1.165, 1.54) is 19.3 Å². The third-order valence-corrected chi connectivity index (χ3v) is 6.72. The van der Waals surface area contributed by atoms with Crippen LogP contribution in [-0.4, -0.2) is 18.9 Å². The smallest absolute Gasteiger partial charge is 0.311 e. The minimum atomic E-state index is -0.0483. The summed E-state index contributed by atoms with van der Waals surface area (Å²) in [6.07, 6.45) is 10.7. The van der Waals surface area contributed by atoms with Crippen LogP contribution in [0.15, 0.2) is 12.2 Å². The lowest BCUT2D eigenvalue weighted by atomic mass is 9.74. The van der Waals surface area contributed by atoms with Crippen LogP contribution in [0.2, 0.25) is 0 Å². The van der Waals surface area contributed by atoms with Gasteiger partial charge in [-0.2, -0.15) is 0 Å². The molecule has 0 N–H and O–H groups in total. The summed E-state index contributed by atoms with van der Waals surface area (Å²) in [7, 11) is 0. The van der Waals surface area contributed by atoms with Crippen molar-refractivity contribution in [1.29, 1.82) is 0 Å². The highest BCUT2D eigenvalue weighted by atomic mass is 16.7. The van der Waals surface area contributed by atoms with Crippen molar-refractivity contribution in [2.24, 2.45) is 35.0 Å². The van der Waals surface area contributed by atoms with E-state index in [1.807, 2.05) is 0 Å². The van der Waals surface area contributed by atoms with Gasteiger partial charge in [0.1, 0.15) is 0 Å². The van der Waals surface area contributed by atoms with E-state index in [0.29, 0.717) is 17.8 Å². The van der Waals surface area contributed by atoms with Crippen LogP contribution in [0.1, 0.15) is 46.0 Å². The molecule has 3 heteroatoms. The molecule has 21 heavy (non-hydrogen) atoms. The first-order valence-electron chi connectivity index (χ1n) is 8.52. The monoisotopic (exact) mass is 290 g/mol. The van der Waals surface area contributed by atoms with E-state index in [9.17, 15) is 4.79 Å². The zero-order valence-corrected chi connectivity index (χ0v) is 13.1. The van der Waals surface area contributed by atoms with Gasteiger partial charge in [0.25, 0.3) is 0 Å². The van der Waals surface area contributed by atoms with Gasteiger partial charge < -0.3 is 9.47 Å². The fraction of sp³-hybridized carbons (Fsp3) is 0.833. The molecule has 0 aromatic heterocycles. The number of ether oxygens (including phenoxy) is 2. The average Bonchev–Trinajstić information content (AvgIpc) is 3.19. The highest BCUT2D eigenvalue weighted by Gasteiger charge is 2.53. The SMILES string of the molecule is CC1(C)C2CCC(C2)C1OCOC(=O)C1CC2C=CC1C2. The summed E-state index contributed by atoms with van der Waals surface area (Å²) in [5.74, 6) is 2.52. The van der Waals surface area contributed by atoms with Gasteiger partial charge in [-0.05, 0) is 61.2 Å². The molecule has 0 aromatic carbocycles. The minimum absolute atomic E-state index is 0.0483. The number of carbonyl (C=O) groups excluding carboxylic acids is 1. The van der Waals surface area contributed by atoms with Crippen LogP contribution in [0.4, 0.5) is 0 Å². The van der Waals surface area contributed by atoms with Gasteiger partial charge in [0.05, 0.1) is 12.0 Å². The van der Waals surface area contributed by atoms with E-state index in [0.717, 1.165) is 18.8 Å². The molecule has 0 amide bonds. The number of rotatable bonds is 4. The van der Waals surface area contributed by atoms with Gasteiger partial charge in [-0.15, -0.1) is 0 Å². The molecular weight excluding hydrogens is 264 g/mol. The van der Waals surface area contributed by atoms with Crippen LogP contribution in [0.3, 0.4) is 0 Å². The van der Waals surface area contributed by atoms with Gasteiger partial charge in [0, 0.05) is 0 Å². The van der Waals surface area contributed by atoms with E-state index in [-0.39, 0.29) is 30.2 Å². The van der Waals surface area contributed by atoms with Gasteiger partial charge in [-0.1, -0.05) is 26.0 Å². The van der Waals surface area contributed by atoms with Gasteiger partial charge in [-0.3, -0.25) is 4.79 Å². The molecule has 116 valence electrons. The van der Waals surface area contributed by atoms with Gasteiger partial charge in [0.15, 0.2) is 6.79 Å². The number of carbonyl (C=O) groups is 1. The second-order valence-electron chi connectivity index (χ2n) is 8.15. The highest BCUT2D eigenvalue weighted by Crippen LogP contribution is 2.56. The van der Waals surface area contributed by atoms with Crippen molar-refractivity contribution in [3.05, 3.63) is 12.2 Å². The van der Waals surface area contributed by atoms with Gasteiger partial charge in [-0.25, -0.2) is 0 Å². The van der Waals surface area contributed by atoms with Crippen LogP contribution in [-0.2, 0) is 14.3 Å². The quantitative estimate of drug-likeness (QED) is 0.451. The van der Waals surface area contributed by atoms with Crippen molar-refractivity contribution in [1.82, 2.24) is 0 Å². The van der Waals surface area contributed by atoms with E-state index in [1.54, 1.807) is 0 Å². The summed E-state index contributed by atoms with van der Waals surface area (Å²) in [6, 6.07) is 0. The summed E-state index contributed by atoms with van der Waals surface area (Å²) in [5, 5.41) is 0. The Hall–Kier alpha value is -0.830. The van der Waals surface area contributed by atoms with Crippen LogP contribution in [0.25, 0.3) is 0 Å². The molecule has 3 saturated carbocycles. The zero-order chi connectivity index (χ0) is 14.6. The molecule has 0 aromatic rings. The van der Waals surface area contributed by atoms with E-state index in [4.69, 9.17) is 9.47 Å². The lowest BCUT2D eigenvalue weighted by Crippen LogP contribution is -2.38. The molecule has 4 bridgehead atoms. The molecule has 3 fully saturated rings. The van der Waals surface area contributed by atoms with Crippen molar-refractivity contribution in [3.8, 4) is 0 Å². The molecule has 4 aliphatic rings. The molecule has 0 aliphatic heterocycles. The first kappa shape index (κ1) is 13.8. The molecule has 0 saturated heterocycles. The number of fused-ring (bicyclic) bond motifs is 4. The summed E-state index contributed by atoms with van der Waals surface area (Å²) in [6.45, 7) is 4.77. The van der Waals surface area contributed by atoms with Crippen LogP contribution in [0.5, 0.6) is 0 Å². The molecular formula is C18H26O3. The second-order valence-corrected chi connectivity index (χ2v) is 8.15. The lowest BCUT2D eigenvalue weighted by Gasteiger charge is -2.37. The normalized spacial score (nSPS) is 45.4. The van der Waals surface area contributed by atoms with Crippen molar-refractivity contribution in [2.45, 2.75) is 52.1 Å². The number of esters is 1. The third-order valence-electron chi connectivity index (χ3n) is 6.72. The predicted octanol–water partition coefficient (Wildman–Crippen LogP) is 3.54. The van der Waals surface area contributed by atoms with Gasteiger partial charge >= 0.3 is 5.97 Å². The Labute approximate surface area is 127 Å². The van der Waals surface area contributed by atoms with Crippen LogP contribution >= 0.6 is 0 Å². The van der Waals surface area contributed by atoms with Crippen molar-refractivity contribution in [3.63, 3.8) is 0 Å². The standard InChI is InChI=1S/C18H26O3/c1-18(2)14-6-5-13(9-14)16(18)20-10-21-17(19)15-8-11-3-4-12(15)7-11/h3-4,11-16H,5-10H2,1-2H3. The van der Waals surface area contributed by atoms with Gasteiger partial charge in [0.2, 0.25) is 0 Å². The summed E-state index contributed by atoms with van der Waals surface area (Å²) in [5.41, 5.74) is 0.241. The first-order chi connectivity index (χ1) is 10.1. The Balaban J connectivity index is 1.28. The summed E-state index contributed by atoms with van der Waals surface area (Å²) >= 11 is 0. The lowest BCUT2D eigenvalue weighted by molar-refractivity contribution is -0.177. The summed E-state index contributed by atoms with van der Waals surface area (Å²) in [4.78, 5) is 12.2. The Morgan fingerprint density at radius 1 is 1.19 bits per heavy atom. The second kappa shape index (κ2) is 4.84. The largest absolute Gasteiger partial charge is 0.438 e. The molecule has 0 heterocycles. The molecule has 0 radical (unpaired) electrons. The Kier molecular flexibility index (Phi) is 3.18. The average molecular weight is 290 g/mol. The highest BCUT2D eigenvalue weighted by molar-refractivity contribution is 5.74. The predicted molar refractivity (Wildman–Crippen MR) is 79.3 cm³/mol. The maximum Gasteiger partial charge on any atom is 0.311 e. The Morgan fingerprint density at radius 2 is 2.05 bits per heavy atom. The van der Waals surface area contributed by atoms with E-state index >= 15 is 0 Å². The first-order valence-corrected chi connectivity index (χ1v) is 8.52. The molecule has 0 spiro atoms. The Morgan fingerprint density at radius 3 is 2.67 bits per heavy atom. The van der Waals surface area contributed by atoms with Crippen LogP contribution < -0.4 is 0 Å². The minimum Gasteiger partial charge on any atom is -0.438 e. The molecule has 6 atom stereocenters. The maximum absolute atomic E-state index is 12.2.